The molecule has 1 heterocycles. The first-order valence-corrected chi connectivity index (χ1v) is 12.1. The minimum atomic E-state index is -0.562. The maximum atomic E-state index is 13.4. The minimum Gasteiger partial charge on any atom is -0.410 e. The van der Waals surface area contributed by atoms with Crippen LogP contribution < -0.4 is 4.74 Å². The molecule has 2 aromatic rings. The molecule has 2 fully saturated rings. The maximum absolute atomic E-state index is 13.4. The average molecular weight is 489 g/mol. The van der Waals surface area contributed by atoms with E-state index in [0.717, 1.165) is 31.2 Å². The Balaban J connectivity index is 1.50. The molecule has 4 rings (SSSR count). The van der Waals surface area contributed by atoms with E-state index < -0.39 is 11.9 Å². The highest BCUT2D eigenvalue weighted by Gasteiger charge is 2.42. The number of aliphatic hydroxyl groups is 1. The molecule has 1 aliphatic carbocycles. The lowest BCUT2D eigenvalue weighted by atomic mass is 9.82. The van der Waals surface area contributed by atoms with E-state index in [1.165, 1.54) is 29.2 Å². The van der Waals surface area contributed by atoms with Gasteiger partial charge in [0.25, 0.3) is 0 Å². The summed E-state index contributed by atoms with van der Waals surface area (Å²) in [5.41, 5.74) is 0.995. The van der Waals surface area contributed by atoms with E-state index in [2.05, 4.69) is 0 Å². The van der Waals surface area contributed by atoms with Gasteiger partial charge in [-0.2, -0.15) is 0 Å². The summed E-state index contributed by atoms with van der Waals surface area (Å²) in [5, 5.41) is 10.0. The van der Waals surface area contributed by atoms with Gasteiger partial charge in [0.2, 0.25) is 5.91 Å². The number of nitrogens with zero attached hydrogens (tertiary/aromatic N) is 2. The van der Waals surface area contributed by atoms with Crippen LogP contribution in [-0.4, -0.2) is 59.7 Å². The van der Waals surface area contributed by atoms with Crippen molar-refractivity contribution in [3.05, 3.63) is 64.9 Å². The molecule has 2 aromatic carbocycles. The molecular formula is C26H30ClFN2O4. The van der Waals surface area contributed by atoms with E-state index in [-0.39, 0.29) is 42.1 Å². The molecule has 182 valence electrons. The van der Waals surface area contributed by atoms with Crippen molar-refractivity contribution in [3.63, 3.8) is 0 Å². The van der Waals surface area contributed by atoms with E-state index in [4.69, 9.17) is 16.3 Å². The van der Waals surface area contributed by atoms with Crippen LogP contribution in [0.3, 0.4) is 0 Å². The van der Waals surface area contributed by atoms with Gasteiger partial charge in [0.1, 0.15) is 11.6 Å². The molecule has 2 aliphatic rings. The number of hydrogen-bond donors (Lipinski definition) is 1. The highest BCUT2D eigenvalue weighted by atomic mass is 35.5. The third-order valence-corrected chi connectivity index (χ3v) is 7.41. The lowest BCUT2D eigenvalue weighted by Gasteiger charge is -2.30. The SMILES string of the molecule is CN(C(=O)Oc1ccc(F)cc1)C1CN(C(=O)C2CCC(CO)CC2)CC1c1ccc(Cl)cc1. The molecule has 1 aliphatic heterocycles. The van der Waals surface area contributed by atoms with Gasteiger partial charge in [0.05, 0.1) is 6.04 Å². The zero-order valence-corrected chi connectivity index (χ0v) is 20.0. The van der Waals surface area contributed by atoms with Crippen LogP contribution in [0.4, 0.5) is 9.18 Å². The van der Waals surface area contributed by atoms with Gasteiger partial charge in [-0.1, -0.05) is 23.7 Å². The number of rotatable bonds is 5. The predicted molar refractivity (Wildman–Crippen MR) is 127 cm³/mol. The van der Waals surface area contributed by atoms with Gasteiger partial charge in [0, 0.05) is 43.6 Å². The predicted octanol–water partition coefficient (Wildman–Crippen LogP) is 4.70. The quantitative estimate of drug-likeness (QED) is 0.662. The Bertz CT molecular complexity index is 993. The molecule has 2 amide bonds. The van der Waals surface area contributed by atoms with Crippen LogP contribution in [0.5, 0.6) is 5.75 Å². The molecule has 0 spiro atoms. The first kappa shape index (κ1) is 24.5. The second kappa shape index (κ2) is 10.7. The lowest BCUT2D eigenvalue weighted by molar-refractivity contribution is -0.136. The summed E-state index contributed by atoms with van der Waals surface area (Å²) < 4.78 is 18.7. The van der Waals surface area contributed by atoms with Gasteiger partial charge in [-0.05, 0) is 73.6 Å². The van der Waals surface area contributed by atoms with Crippen molar-refractivity contribution in [1.29, 1.82) is 0 Å². The molecule has 34 heavy (non-hydrogen) atoms. The highest BCUT2D eigenvalue weighted by Crippen LogP contribution is 2.35. The number of benzene rings is 2. The Kier molecular flexibility index (Phi) is 7.73. The second-order valence-electron chi connectivity index (χ2n) is 9.30. The minimum absolute atomic E-state index is 0.0520. The number of carbonyl (C=O) groups excluding carboxylic acids is 2. The van der Waals surface area contributed by atoms with Crippen LogP contribution in [0.2, 0.25) is 5.02 Å². The van der Waals surface area contributed by atoms with Gasteiger partial charge in [-0.3, -0.25) is 4.79 Å². The number of aliphatic hydroxyl groups excluding tert-OH is 1. The van der Waals surface area contributed by atoms with E-state index >= 15 is 0 Å². The van der Waals surface area contributed by atoms with Crippen molar-refractivity contribution in [2.45, 2.75) is 37.6 Å². The van der Waals surface area contributed by atoms with E-state index in [9.17, 15) is 19.1 Å². The highest BCUT2D eigenvalue weighted by molar-refractivity contribution is 6.30. The lowest BCUT2D eigenvalue weighted by Crippen LogP contribution is -2.44. The first-order valence-electron chi connectivity index (χ1n) is 11.7. The fourth-order valence-corrected chi connectivity index (χ4v) is 5.18. The van der Waals surface area contributed by atoms with E-state index in [1.807, 2.05) is 29.2 Å². The van der Waals surface area contributed by atoms with Crippen LogP contribution in [0.25, 0.3) is 0 Å². The van der Waals surface area contributed by atoms with E-state index in [1.54, 1.807) is 7.05 Å². The summed E-state index contributed by atoms with van der Waals surface area (Å²) in [6.45, 7) is 1.08. The number of likely N-dealkylation sites (N-methyl/N-ethyl adjacent to an activating group) is 1. The standard InChI is InChI=1S/C26H30ClFN2O4/c1-29(26(33)34-22-12-10-21(28)11-13-22)24-15-30(14-23(24)18-6-8-20(27)9-7-18)25(32)19-4-2-17(16-31)3-5-19/h6-13,17,19,23-24,31H,2-5,14-16H2,1H3. The number of likely N-dealkylation sites (tertiary alicyclic amines) is 1. The Morgan fingerprint density at radius 2 is 1.71 bits per heavy atom. The zero-order chi connectivity index (χ0) is 24.2. The van der Waals surface area contributed by atoms with Crippen molar-refractivity contribution >= 4 is 23.6 Å². The van der Waals surface area contributed by atoms with Gasteiger partial charge in [-0.15, -0.1) is 0 Å². The Morgan fingerprint density at radius 1 is 1.06 bits per heavy atom. The largest absolute Gasteiger partial charge is 0.415 e. The normalized spacial score (nSPS) is 24.6. The molecule has 2 unspecified atom stereocenters. The molecule has 0 radical (unpaired) electrons. The zero-order valence-electron chi connectivity index (χ0n) is 19.2. The molecule has 1 saturated carbocycles. The molecule has 1 saturated heterocycles. The Hall–Kier alpha value is -2.64. The van der Waals surface area contributed by atoms with Crippen molar-refractivity contribution in [3.8, 4) is 5.75 Å². The van der Waals surface area contributed by atoms with Gasteiger partial charge < -0.3 is 19.6 Å². The van der Waals surface area contributed by atoms with Crippen LogP contribution >= 0.6 is 11.6 Å². The molecular weight excluding hydrogens is 459 g/mol. The number of amides is 2. The van der Waals surface area contributed by atoms with Crippen molar-refractivity contribution in [2.24, 2.45) is 11.8 Å². The van der Waals surface area contributed by atoms with Crippen molar-refractivity contribution in [1.82, 2.24) is 9.80 Å². The Morgan fingerprint density at radius 3 is 2.32 bits per heavy atom. The van der Waals surface area contributed by atoms with Crippen molar-refractivity contribution in [2.75, 3.05) is 26.7 Å². The smallest absolute Gasteiger partial charge is 0.410 e. The summed E-state index contributed by atoms with van der Waals surface area (Å²) >= 11 is 6.08. The summed E-state index contributed by atoms with van der Waals surface area (Å²) in [7, 11) is 1.67. The first-order chi connectivity index (χ1) is 16.4. The third kappa shape index (κ3) is 5.53. The van der Waals surface area contributed by atoms with Gasteiger partial charge in [-0.25, -0.2) is 9.18 Å². The average Bonchev–Trinajstić information content (AvgIpc) is 3.30. The van der Waals surface area contributed by atoms with Crippen molar-refractivity contribution < 1.29 is 23.8 Å². The fraction of sp³-hybridized carbons (Fsp3) is 0.462. The number of carbonyl (C=O) groups is 2. The Labute approximate surface area is 204 Å². The summed E-state index contributed by atoms with van der Waals surface area (Å²) in [5.74, 6) is 0.0918. The second-order valence-corrected chi connectivity index (χ2v) is 9.74. The number of halogens is 2. The van der Waals surface area contributed by atoms with Gasteiger partial charge >= 0.3 is 6.09 Å². The third-order valence-electron chi connectivity index (χ3n) is 7.16. The molecule has 2 atom stereocenters. The van der Waals surface area contributed by atoms with Crippen LogP contribution in [0.1, 0.15) is 37.2 Å². The summed E-state index contributed by atoms with van der Waals surface area (Å²) in [4.78, 5) is 29.7. The van der Waals surface area contributed by atoms with Crippen LogP contribution in [0.15, 0.2) is 48.5 Å². The number of hydrogen-bond acceptors (Lipinski definition) is 4. The molecule has 1 N–H and O–H groups in total. The molecule has 0 aromatic heterocycles. The van der Waals surface area contributed by atoms with Crippen LogP contribution in [0, 0.1) is 17.7 Å². The molecule has 0 bridgehead atoms. The summed E-state index contributed by atoms with van der Waals surface area (Å²) in [6, 6.07) is 12.5. The van der Waals surface area contributed by atoms with E-state index in [0.29, 0.717) is 18.1 Å². The number of ether oxygens (including phenoxy) is 1. The molecule has 8 heteroatoms. The maximum Gasteiger partial charge on any atom is 0.415 e. The van der Waals surface area contributed by atoms with Crippen LogP contribution in [-0.2, 0) is 4.79 Å². The topological polar surface area (TPSA) is 70.1 Å². The molecule has 6 nitrogen and oxygen atoms in total. The monoisotopic (exact) mass is 488 g/mol. The fourth-order valence-electron chi connectivity index (χ4n) is 5.06. The van der Waals surface area contributed by atoms with Gasteiger partial charge in [0.15, 0.2) is 0 Å². The summed E-state index contributed by atoms with van der Waals surface area (Å²) in [6.07, 6.45) is 2.70.